The Morgan fingerprint density at radius 3 is 2.25 bits per heavy atom. The zero-order valence-electron chi connectivity index (χ0n) is 9.27. The molecule has 0 spiro atoms. The maximum Gasteiger partial charge on any atom is -0.0212 e. The van der Waals surface area contributed by atoms with Gasteiger partial charge in [0.15, 0.2) is 0 Å². The van der Waals surface area contributed by atoms with E-state index >= 15 is 0 Å². The molecule has 74 valence electrons. The average molecular weight is 188 g/mol. The third-order valence-electron chi connectivity index (χ3n) is 2.63. The van der Waals surface area contributed by atoms with E-state index in [-0.39, 0.29) is 0 Å². The maximum atomic E-state index is 2.37. The van der Waals surface area contributed by atoms with Gasteiger partial charge in [-0.05, 0) is 37.2 Å². The Hall–Kier alpha value is 0.430. The monoisotopic (exact) mass is 188 g/mol. The van der Waals surface area contributed by atoms with Crippen molar-refractivity contribution in [2.24, 2.45) is 0 Å². The third kappa shape index (κ3) is 3.90. The van der Waals surface area contributed by atoms with Crippen LogP contribution >= 0.6 is 7.92 Å². The number of rotatable bonds is 2. The van der Waals surface area contributed by atoms with Crippen molar-refractivity contribution in [2.75, 3.05) is 12.3 Å². The molecule has 1 fully saturated rings. The molecule has 0 nitrogen and oxygen atoms in total. The molecule has 0 aromatic heterocycles. The highest BCUT2D eigenvalue weighted by atomic mass is 31.1. The second-order valence-corrected chi connectivity index (χ2v) is 6.17. The Balaban J connectivity index is 0.000000561. The Morgan fingerprint density at radius 2 is 1.83 bits per heavy atom. The van der Waals surface area contributed by atoms with Crippen LogP contribution in [0.4, 0.5) is 0 Å². The lowest BCUT2D eigenvalue weighted by molar-refractivity contribution is 0.636. The van der Waals surface area contributed by atoms with Gasteiger partial charge in [0, 0.05) is 0 Å². The van der Waals surface area contributed by atoms with E-state index < -0.39 is 0 Å². The molecule has 0 aromatic rings. The molecule has 1 heteroatoms. The first-order chi connectivity index (χ1) is 5.88. The summed E-state index contributed by atoms with van der Waals surface area (Å²) in [6.45, 7) is 8.74. The van der Waals surface area contributed by atoms with Gasteiger partial charge >= 0.3 is 0 Å². The molecule has 0 bridgehead atoms. The summed E-state index contributed by atoms with van der Waals surface area (Å²) >= 11 is 0. The first-order valence-corrected chi connectivity index (χ1v) is 7.40. The Kier molecular flexibility index (Phi) is 8.34. The van der Waals surface area contributed by atoms with Crippen molar-refractivity contribution in [3.8, 4) is 0 Å². The second-order valence-electron chi connectivity index (χ2n) is 3.19. The van der Waals surface area contributed by atoms with Crippen LogP contribution in [0.25, 0.3) is 0 Å². The molecule has 0 aromatic carbocycles. The summed E-state index contributed by atoms with van der Waals surface area (Å²) in [6.07, 6.45) is 9.07. The molecule has 0 aliphatic carbocycles. The van der Waals surface area contributed by atoms with Crippen LogP contribution in [0.1, 0.15) is 53.4 Å². The zero-order valence-corrected chi connectivity index (χ0v) is 10.2. The van der Waals surface area contributed by atoms with E-state index in [9.17, 15) is 0 Å². The van der Waals surface area contributed by atoms with E-state index in [0.29, 0.717) is 7.92 Å². The molecule has 0 amide bonds. The highest BCUT2D eigenvalue weighted by Gasteiger charge is 2.20. The van der Waals surface area contributed by atoms with Crippen LogP contribution < -0.4 is 0 Å². The summed E-state index contributed by atoms with van der Waals surface area (Å²) in [4.78, 5) is 0. The van der Waals surface area contributed by atoms with Gasteiger partial charge in [-0.3, -0.25) is 0 Å². The van der Waals surface area contributed by atoms with Crippen molar-refractivity contribution in [3.63, 3.8) is 0 Å². The number of hydrogen-bond acceptors (Lipinski definition) is 0. The Bertz CT molecular complexity index is 79.0. The zero-order chi connectivity index (χ0) is 9.40. The first-order valence-electron chi connectivity index (χ1n) is 5.62. The van der Waals surface area contributed by atoms with Crippen molar-refractivity contribution in [3.05, 3.63) is 0 Å². The highest BCUT2D eigenvalue weighted by Crippen LogP contribution is 2.48. The van der Waals surface area contributed by atoms with Gasteiger partial charge in [0.05, 0.1) is 0 Å². The SMILES string of the molecule is CC.CCC1CCCCP1CC. The minimum absolute atomic E-state index is 0.467. The minimum Gasteiger partial charge on any atom is -0.104 e. The topological polar surface area (TPSA) is 0 Å². The second kappa shape index (κ2) is 8.05. The van der Waals surface area contributed by atoms with Crippen LogP contribution in [-0.4, -0.2) is 18.0 Å². The lowest BCUT2D eigenvalue weighted by Gasteiger charge is -2.30. The van der Waals surface area contributed by atoms with Crippen molar-refractivity contribution in [1.82, 2.24) is 0 Å². The molecular formula is C11H25P. The summed E-state index contributed by atoms with van der Waals surface area (Å²) in [5, 5.41) is 0. The van der Waals surface area contributed by atoms with Crippen LogP contribution in [-0.2, 0) is 0 Å². The summed E-state index contributed by atoms with van der Waals surface area (Å²) in [5.74, 6) is 0. The van der Waals surface area contributed by atoms with Gasteiger partial charge in [0.1, 0.15) is 0 Å². The number of hydrogen-bond donors (Lipinski definition) is 0. The molecule has 1 heterocycles. The van der Waals surface area contributed by atoms with E-state index in [1.807, 2.05) is 13.8 Å². The molecule has 0 radical (unpaired) electrons. The summed E-state index contributed by atoms with van der Waals surface area (Å²) in [5.41, 5.74) is 1.13. The maximum absolute atomic E-state index is 2.37. The van der Waals surface area contributed by atoms with E-state index in [0.717, 1.165) is 5.66 Å². The third-order valence-corrected chi connectivity index (χ3v) is 5.99. The van der Waals surface area contributed by atoms with Gasteiger partial charge in [-0.25, -0.2) is 0 Å². The van der Waals surface area contributed by atoms with Gasteiger partial charge in [0.25, 0.3) is 0 Å². The fourth-order valence-electron chi connectivity index (χ4n) is 1.94. The summed E-state index contributed by atoms with van der Waals surface area (Å²) in [7, 11) is 0.467. The van der Waals surface area contributed by atoms with Crippen molar-refractivity contribution in [2.45, 2.75) is 59.0 Å². The van der Waals surface area contributed by atoms with E-state index in [4.69, 9.17) is 0 Å². The largest absolute Gasteiger partial charge is 0.104 e. The van der Waals surface area contributed by atoms with Gasteiger partial charge in [-0.15, -0.1) is 7.92 Å². The Labute approximate surface area is 79.9 Å². The Morgan fingerprint density at radius 1 is 1.17 bits per heavy atom. The van der Waals surface area contributed by atoms with Gasteiger partial charge in [-0.1, -0.05) is 34.1 Å². The first kappa shape index (κ1) is 12.4. The molecular weight excluding hydrogens is 163 g/mol. The molecule has 1 aliphatic rings. The quantitative estimate of drug-likeness (QED) is 0.560. The standard InChI is InChI=1S/C9H19P.C2H6/c1-3-9-7-5-6-8-10(9)4-2;1-2/h9H,3-8H2,1-2H3;1-2H3. The molecule has 1 saturated heterocycles. The van der Waals surface area contributed by atoms with Gasteiger partial charge < -0.3 is 0 Å². The van der Waals surface area contributed by atoms with Crippen LogP contribution in [0, 0.1) is 0 Å². The lowest BCUT2D eigenvalue weighted by Crippen LogP contribution is -2.12. The predicted molar refractivity (Wildman–Crippen MR) is 61.6 cm³/mol. The van der Waals surface area contributed by atoms with Gasteiger partial charge in [0.2, 0.25) is 0 Å². The van der Waals surface area contributed by atoms with Crippen LogP contribution in [0.2, 0.25) is 0 Å². The normalized spacial score (nSPS) is 29.0. The molecule has 12 heavy (non-hydrogen) atoms. The molecule has 2 atom stereocenters. The van der Waals surface area contributed by atoms with Crippen LogP contribution in [0.5, 0.6) is 0 Å². The molecule has 2 unspecified atom stereocenters. The molecule has 1 aliphatic heterocycles. The average Bonchev–Trinajstić information content (AvgIpc) is 2.20. The predicted octanol–water partition coefficient (Wildman–Crippen LogP) is 4.48. The van der Waals surface area contributed by atoms with Crippen LogP contribution in [0.15, 0.2) is 0 Å². The van der Waals surface area contributed by atoms with Gasteiger partial charge in [-0.2, -0.15) is 0 Å². The lowest BCUT2D eigenvalue weighted by atomic mass is 10.1. The fraction of sp³-hybridized carbons (Fsp3) is 1.00. The summed E-state index contributed by atoms with van der Waals surface area (Å²) in [6, 6.07) is 0. The van der Waals surface area contributed by atoms with Crippen molar-refractivity contribution in [1.29, 1.82) is 0 Å². The minimum atomic E-state index is 0.467. The van der Waals surface area contributed by atoms with Crippen LogP contribution in [0.3, 0.4) is 0 Å². The smallest absolute Gasteiger partial charge is 0.0212 e. The van der Waals surface area contributed by atoms with E-state index in [2.05, 4.69) is 13.8 Å². The van der Waals surface area contributed by atoms with E-state index in [1.54, 1.807) is 6.16 Å². The van der Waals surface area contributed by atoms with Crippen molar-refractivity contribution >= 4 is 7.92 Å². The fourth-order valence-corrected chi connectivity index (χ4v) is 4.83. The molecule has 0 N–H and O–H groups in total. The molecule has 1 rings (SSSR count). The molecule has 0 saturated carbocycles. The highest BCUT2D eigenvalue weighted by molar-refractivity contribution is 7.58. The van der Waals surface area contributed by atoms with E-state index in [1.165, 1.54) is 31.8 Å². The van der Waals surface area contributed by atoms with Crippen molar-refractivity contribution < 1.29 is 0 Å². The summed E-state index contributed by atoms with van der Waals surface area (Å²) < 4.78 is 0.